The lowest BCUT2D eigenvalue weighted by atomic mass is 10.6. The molecule has 0 aromatic carbocycles. The Kier molecular flexibility index (Phi) is 2.67. The van der Waals surface area contributed by atoms with Gasteiger partial charge in [-0.3, -0.25) is 9.80 Å². The Bertz CT molecular complexity index is 170. The van der Waals surface area contributed by atoms with Gasteiger partial charge in [0, 0.05) is 0 Å². The van der Waals surface area contributed by atoms with Crippen molar-refractivity contribution < 1.29 is 9.53 Å². The van der Waals surface area contributed by atoms with Gasteiger partial charge in [-0.25, -0.2) is 5.53 Å². The maximum Gasteiger partial charge on any atom is 0.327 e. The summed E-state index contributed by atoms with van der Waals surface area (Å²) in [4.78, 5) is 10.8. The van der Waals surface area contributed by atoms with Gasteiger partial charge in [0.15, 0.2) is 0 Å². The zero-order valence-electron chi connectivity index (χ0n) is 6.13. The zero-order chi connectivity index (χ0) is 8.10. The molecular weight excluding hydrogens is 148 g/mol. The second-order valence-electron chi connectivity index (χ2n) is 1.83. The molecule has 0 saturated carbocycles. The summed E-state index contributed by atoms with van der Waals surface area (Å²) in [7, 11) is 0. The van der Waals surface area contributed by atoms with Crippen LogP contribution in [0.1, 0.15) is 6.92 Å². The van der Waals surface area contributed by atoms with Crippen LogP contribution in [0.5, 0.6) is 0 Å². The van der Waals surface area contributed by atoms with E-state index in [4.69, 9.17) is 0 Å². The highest BCUT2D eigenvalue weighted by molar-refractivity contribution is 5.74. The van der Waals surface area contributed by atoms with Crippen LogP contribution in [-0.2, 0) is 9.53 Å². The van der Waals surface area contributed by atoms with E-state index in [9.17, 15) is 4.79 Å². The van der Waals surface area contributed by atoms with Gasteiger partial charge in [0.25, 0.3) is 0 Å². The lowest BCUT2D eigenvalue weighted by Crippen LogP contribution is -2.40. The second kappa shape index (κ2) is 3.77. The molecule has 1 aliphatic heterocycles. The Balaban J connectivity index is 2.19. The zero-order valence-corrected chi connectivity index (χ0v) is 6.13. The third-order valence-electron chi connectivity index (χ3n) is 1.00. The first-order chi connectivity index (χ1) is 5.33. The SMILES string of the molecule is CCOC(=O)CN1[C]=NNN1. The fourth-order valence-electron chi connectivity index (χ4n) is 0.606. The summed E-state index contributed by atoms with van der Waals surface area (Å²) in [6, 6.07) is 0. The number of hydrogen-bond acceptors (Lipinski definition) is 6. The normalized spacial score (nSPS) is 14.8. The van der Waals surface area contributed by atoms with Gasteiger partial charge in [-0.05, 0) is 6.92 Å². The van der Waals surface area contributed by atoms with Crippen LogP contribution in [-0.4, -0.2) is 30.5 Å². The van der Waals surface area contributed by atoms with Crippen LogP contribution in [0.15, 0.2) is 5.10 Å². The van der Waals surface area contributed by atoms with Gasteiger partial charge in [0.05, 0.1) is 6.61 Å². The van der Waals surface area contributed by atoms with Gasteiger partial charge >= 0.3 is 5.97 Å². The van der Waals surface area contributed by atoms with Crippen molar-refractivity contribution in [3.05, 3.63) is 0 Å². The molecule has 6 nitrogen and oxygen atoms in total. The molecule has 0 unspecified atom stereocenters. The molecule has 0 aromatic rings. The first-order valence-corrected chi connectivity index (χ1v) is 3.22. The average Bonchev–Trinajstić information content (AvgIpc) is 2.40. The highest BCUT2D eigenvalue weighted by Gasteiger charge is 2.10. The lowest BCUT2D eigenvalue weighted by molar-refractivity contribution is -0.143. The number of carbonyl (C=O) groups excluding carboxylic acids is 1. The molecule has 0 aromatic heterocycles. The number of esters is 1. The molecule has 1 rings (SSSR count). The van der Waals surface area contributed by atoms with Crippen molar-refractivity contribution in [1.82, 2.24) is 16.1 Å². The molecule has 1 heterocycles. The van der Waals surface area contributed by atoms with Crippen molar-refractivity contribution in [1.29, 1.82) is 0 Å². The fourth-order valence-corrected chi connectivity index (χ4v) is 0.606. The number of hydrazine groups is 2. The lowest BCUT2D eigenvalue weighted by Gasteiger charge is -2.10. The quantitative estimate of drug-likeness (QED) is 0.498. The van der Waals surface area contributed by atoms with E-state index in [0.29, 0.717) is 6.61 Å². The second-order valence-corrected chi connectivity index (χ2v) is 1.83. The first-order valence-electron chi connectivity index (χ1n) is 3.22. The van der Waals surface area contributed by atoms with Crippen molar-refractivity contribution in [3.63, 3.8) is 0 Å². The fraction of sp³-hybridized carbons (Fsp3) is 0.600. The topological polar surface area (TPSA) is 66.0 Å². The van der Waals surface area contributed by atoms with E-state index >= 15 is 0 Å². The first kappa shape index (κ1) is 7.80. The predicted molar refractivity (Wildman–Crippen MR) is 37.0 cm³/mol. The third-order valence-corrected chi connectivity index (χ3v) is 1.00. The monoisotopic (exact) mass is 157 g/mol. The molecule has 6 heteroatoms. The summed E-state index contributed by atoms with van der Waals surface area (Å²) < 4.78 is 4.67. The molecule has 0 spiro atoms. The van der Waals surface area contributed by atoms with E-state index in [1.54, 1.807) is 6.92 Å². The standard InChI is InChI=1S/C5H9N4O2/c1-2-11-5(10)3-9-4-6-7-8-9/h7-8H,2-3H2,1H3. The Morgan fingerprint density at radius 1 is 1.82 bits per heavy atom. The van der Waals surface area contributed by atoms with Gasteiger partial charge in [-0.2, -0.15) is 0 Å². The van der Waals surface area contributed by atoms with Gasteiger partial charge < -0.3 is 4.74 Å². The Hall–Kier alpha value is -1.30. The summed E-state index contributed by atoms with van der Waals surface area (Å²) in [5, 5.41) is 4.84. The molecule has 0 aliphatic carbocycles. The number of nitrogens with zero attached hydrogens (tertiary/aromatic N) is 2. The summed E-state index contributed by atoms with van der Waals surface area (Å²) in [5.41, 5.74) is 4.95. The third kappa shape index (κ3) is 2.42. The number of hydrogen-bond donors (Lipinski definition) is 2. The van der Waals surface area contributed by atoms with Gasteiger partial charge in [-0.15, -0.1) is 10.6 Å². The molecule has 1 radical (unpaired) electrons. The van der Waals surface area contributed by atoms with Crippen LogP contribution >= 0.6 is 0 Å². The Labute approximate surface area is 64.1 Å². The van der Waals surface area contributed by atoms with Crippen LogP contribution in [0.3, 0.4) is 0 Å². The number of hydrazone groups is 1. The van der Waals surface area contributed by atoms with Crippen LogP contribution in [0.25, 0.3) is 0 Å². The van der Waals surface area contributed by atoms with Crippen molar-refractivity contribution in [2.75, 3.05) is 13.2 Å². The molecule has 0 atom stereocenters. The van der Waals surface area contributed by atoms with Gasteiger partial charge in [0.2, 0.25) is 6.34 Å². The number of carbonyl (C=O) groups is 1. The van der Waals surface area contributed by atoms with E-state index in [-0.39, 0.29) is 12.5 Å². The van der Waals surface area contributed by atoms with E-state index < -0.39 is 0 Å². The minimum absolute atomic E-state index is 0.102. The largest absolute Gasteiger partial charge is 0.465 e. The van der Waals surface area contributed by atoms with E-state index in [2.05, 4.69) is 27.2 Å². The number of rotatable bonds is 3. The minimum atomic E-state index is -0.314. The van der Waals surface area contributed by atoms with Crippen molar-refractivity contribution >= 4 is 12.3 Å². The Morgan fingerprint density at radius 2 is 2.64 bits per heavy atom. The number of nitrogens with one attached hydrogen (secondary N) is 2. The maximum absolute atomic E-state index is 10.8. The average molecular weight is 157 g/mol. The molecule has 61 valence electrons. The van der Waals surface area contributed by atoms with Crippen LogP contribution < -0.4 is 11.1 Å². The molecule has 11 heavy (non-hydrogen) atoms. The summed E-state index contributed by atoms with van der Waals surface area (Å²) in [5.74, 6) is -0.314. The molecule has 0 amide bonds. The van der Waals surface area contributed by atoms with E-state index in [1.807, 2.05) is 0 Å². The molecule has 2 N–H and O–H groups in total. The summed E-state index contributed by atoms with van der Waals surface area (Å²) in [6.45, 7) is 2.24. The molecule has 0 bridgehead atoms. The smallest absolute Gasteiger partial charge is 0.327 e. The van der Waals surface area contributed by atoms with Crippen molar-refractivity contribution in [2.24, 2.45) is 5.10 Å². The highest BCUT2D eigenvalue weighted by atomic mass is 16.5. The maximum atomic E-state index is 10.8. The van der Waals surface area contributed by atoms with Crippen LogP contribution in [0.2, 0.25) is 0 Å². The van der Waals surface area contributed by atoms with Crippen LogP contribution in [0.4, 0.5) is 0 Å². The van der Waals surface area contributed by atoms with Gasteiger partial charge in [-0.1, -0.05) is 0 Å². The van der Waals surface area contributed by atoms with Crippen LogP contribution in [0, 0.1) is 0 Å². The molecular formula is C5H9N4O2. The minimum Gasteiger partial charge on any atom is -0.465 e. The predicted octanol–water partition coefficient (Wildman–Crippen LogP) is -1.31. The Morgan fingerprint density at radius 3 is 3.18 bits per heavy atom. The molecule has 1 aliphatic rings. The van der Waals surface area contributed by atoms with E-state index in [0.717, 1.165) is 0 Å². The highest BCUT2D eigenvalue weighted by Crippen LogP contribution is 1.84. The molecule has 0 fully saturated rings. The van der Waals surface area contributed by atoms with Crippen molar-refractivity contribution in [3.8, 4) is 0 Å². The van der Waals surface area contributed by atoms with Gasteiger partial charge in [0.1, 0.15) is 6.54 Å². The number of ether oxygens (including phenoxy) is 1. The van der Waals surface area contributed by atoms with E-state index in [1.165, 1.54) is 5.01 Å². The summed E-state index contributed by atoms with van der Waals surface area (Å²) >= 11 is 0. The molecule has 0 saturated heterocycles. The summed E-state index contributed by atoms with van der Waals surface area (Å²) in [6.07, 6.45) is 2.48. The van der Waals surface area contributed by atoms with Crippen molar-refractivity contribution in [2.45, 2.75) is 6.92 Å².